The Morgan fingerprint density at radius 1 is 1.57 bits per heavy atom. The third-order valence-electron chi connectivity index (χ3n) is 4.32. The van der Waals surface area contributed by atoms with Gasteiger partial charge in [-0.2, -0.15) is 10.2 Å². The van der Waals surface area contributed by atoms with Gasteiger partial charge in [-0.25, -0.2) is 0 Å². The fraction of sp³-hybridized carbons (Fsp3) is 0.500. The van der Waals surface area contributed by atoms with Gasteiger partial charge in [0.15, 0.2) is 5.84 Å². The largest absolute Gasteiger partial charge is 0.380 e. The van der Waals surface area contributed by atoms with Crippen LogP contribution in [0.2, 0.25) is 0 Å². The zero-order valence-corrected chi connectivity index (χ0v) is 14.7. The average molecular weight is 335 g/mol. The molecule has 6 nitrogen and oxygen atoms in total. The Labute approximate surface area is 139 Å². The van der Waals surface area contributed by atoms with E-state index in [4.69, 9.17) is 11.6 Å². The molecule has 3 atom stereocenters. The summed E-state index contributed by atoms with van der Waals surface area (Å²) >= 11 is 0. The van der Waals surface area contributed by atoms with Gasteiger partial charge in [0, 0.05) is 33.6 Å². The van der Waals surface area contributed by atoms with Crippen LogP contribution < -0.4 is 11.6 Å². The van der Waals surface area contributed by atoms with Crippen molar-refractivity contribution in [2.24, 2.45) is 22.6 Å². The zero-order valence-electron chi connectivity index (χ0n) is 13.9. The summed E-state index contributed by atoms with van der Waals surface area (Å²) < 4.78 is 11.7. The number of allylic oxidation sites excluding steroid dienone is 3. The molecule has 0 saturated heterocycles. The zero-order chi connectivity index (χ0) is 17.0. The number of H-pyrrole nitrogens is 1. The van der Waals surface area contributed by atoms with Crippen LogP contribution >= 0.6 is 0 Å². The summed E-state index contributed by atoms with van der Waals surface area (Å²) in [5.74, 6) is 5.89. The first-order valence-corrected chi connectivity index (χ1v) is 9.33. The van der Waals surface area contributed by atoms with Gasteiger partial charge in [0.2, 0.25) is 0 Å². The molecule has 0 saturated carbocycles. The number of hydrogen-bond acceptors (Lipinski definition) is 4. The van der Waals surface area contributed by atoms with Crippen molar-refractivity contribution in [2.45, 2.75) is 38.4 Å². The third-order valence-corrected chi connectivity index (χ3v) is 5.50. The summed E-state index contributed by atoms with van der Waals surface area (Å²) in [4.78, 5) is 0. The van der Waals surface area contributed by atoms with Crippen LogP contribution in [0.15, 0.2) is 28.9 Å². The van der Waals surface area contributed by atoms with E-state index in [9.17, 15) is 4.21 Å². The van der Waals surface area contributed by atoms with Crippen LogP contribution in [-0.2, 0) is 23.6 Å². The highest BCUT2D eigenvalue weighted by Gasteiger charge is 2.30. The number of hydrogen-bond donors (Lipinski definition) is 3. The molecule has 1 aliphatic carbocycles. The molecule has 0 aromatic carbocycles. The molecule has 1 aliphatic rings. The second-order valence-electron chi connectivity index (χ2n) is 5.87. The molecule has 0 fully saturated rings. The van der Waals surface area contributed by atoms with Gasteiger partial charge < -0.3 is 11.6 Å². The first-order chi connectivity index (χ1) is 11.0. The van der Waals surface area contributed by atoms with Crippen LogP contribution in [0.25, 0.3) is 0 Å². The van der Waals surface area contributed by atoms with E-state index in [1.165, 1.54) is 5.57 Å². The van der Waals surface area contributed by atoms with E-state index in [0.29, 0.717) is 11.6 Å². The molecular weight excluding hydrogens is 310 g/mol. The molecule has 2 rings (SSSR count). The number of hydrazone groups is 1. The van der Waals surface area contributed by atoms with Gasteiger partial charge in [-0.3, -0.25) is 9.31 Å². The number of aromatic nitrogens is 2. The van der Waals surface area contributed by atoms with Crippen molar-refractivity contribution in [1.82, 2.24) is 10.2 Å². The van der Waals surface area contributed by atoms with Crippen LogP contribution in [0.3, 0.4) is 0 Å². The summed E-state index contributed by atoms with van der Waals surface area (Å²) in [6, 6.07) is 0. The number of rotatable bonds is 6. The quantitative estimate of drug-likeness (QED) is 0.240. The Hall–Kier alpha value is -1.89. The monoisotopic (exact) mass is 335 g/mol. The first-order valence-electron chi connectivity index (χ1n) is 7.71. The molecule has 0 aliphatic heterocycles. The summed E-state index contributed by atoms with van der Waals surface area (Å²) in [5.41, 5.74) is 9.96. The van der Waals surface area contributed by atoms with Crippen molar-refractivity contribution in [2.75, 3.05) is 6.26 Å². The van der Waals surface area contributed by atoms with Crippen LogP contribution in [-0.4, -0.2) is 31.7 Å². The van der Waals surface area contributed by atoms with Gasteiger partial charge in [-0.05, 0) is 39.0 Å². The van der Waals surface area contributed by atoms with Gasteiger partial charge >= 0.3 is 0 Å². The molecule has 0 radical (unpaired) electrons. The minimum absolute atomic E-state index is 0.0440. The summed E-state index contributed by atoms with van der Waals surface area (Å²) in [6.07, 6.45) is 10.7. The minimum Gasteiger partial charge on any atom is -0.380 e. The van der Waals surface area contributed by atoms with Crippen molar-refractivity contribution in [3.8, 4) is 0 Å². The number of amidine groups is 1. The average Bonchev–Trinajstić information content (AvgIpc) is 3.10. The van der Waals surface area contributed by atoms with E-state index in [1.807, 2.05) is 19.9 Å². The van der Waals surface area contributed by atoms with Gasteiger partial charge in [0.25, 0.3) is 0 Å². The van der Waals surface area contributed by atoms with Gasteiger partial charge in [-0.15, -0.1) is 0 Å². The van der Waals surface area contributed by atoms with Crippen LogP contribution in [0.4, 0.5) is 0 Å². The predicted molar refractivity (Wildman–Crippen MR) is 95.4 cm³/mol. The van der Waals surface area contributed by atoms with E-state index >= 15 is 0 Å². The molecule has 5 N–H and O–H groups in total. The smallest absolute Gasteiger partial charge is 0.171 e. The summed E-state index contributed by atoms with van der Waals surface area (Å²) in [5, 5.41) is 10.8. The molecule has 1 aromatic rings. The van der Waals surface area contributed by atoms with Crippen LogP contribution in [0, 0.1) is 5.92 Å². The van der Waals surface area contributed by atoms with Gasteiger partial charge in [0.05, 0.1) is 0 Å². The molecule has 0 amide bonds. The Bertz CT molecular complexity index is 674. The van der Waals surface area contributed by atoms with Crippen molar-refractivity contribution in [1.29, 1.82) is 0 Å². The minimum atomic E-state index is -0.867. The molecule has 0 bridgehead atoms. The summed E-state index contributed by atoms with van der Waals surface area (Å²) in [6.45, 7) is 4.00. The maximum Gasteiger partial charge on any atom is 0.171 e. The predicted octanol–water partition coefficient (Wildman–Crippen LogP) is 1.36. The third kappa shape index (κ3) is 3.90. The van der Waals surface area contributed by atoms with E-state index in [-0.39, 0.29) is 11.1 Å². The SMILES string of the molecule is C/C=C\C/C(=C\C(C)S(C)=O)C1Cc2[nH]nc(/C(N)=N/N)c2C1. The van der Waals surface area contributed by atoms with Crippen molar-refractivity contribution < 1.29 is 4.21 Å². The maximum absolute atomic E-state index is 11.7. The molecule has 3 unspecified atom stereocenters. The number of fused-ring (bicyclic) bond motifs is 1. The molecule has 126 valence electrons. The topological polar surface area (TPSA) is 110 Å². The lowest BCUT2D eigenvalue weighted by molar-refractivity contribution is 0.628. The molecular formula is C16H25N5OS. The highest BCUT2D eigenvalue weighted by molar-refractivity contribution is 7.85. The number of nitrogens with zero attached hydrogens (tertiary/aromatic N) is 2. The fourth-order valence-electron chi connectivity index (χ4n) is 2.91. The van der Waals surface area contributed by atoms with Crippen LogP contribution in [0.5, 0.6) is 0 Å². The molecule has 0 spiro atoms. The Kier molecular flexibility index (Phi) is 5.76. The Balaban J connectivity index is 2.25. The fourth-order valence-corrected chi connectivity index (χ4v) is 3.28. The number of aromatic amines is 1. The highest BCUT2D eigenvalue weighted by atomic mass is 32.2. The lowest BCUT2D eigenvalue weighted by Crippen LogP contribution is -2.18. The van der Waals surface area contributed by atoms with Crippen molar-refractivity contribution >= 4 is 16.6 Å². The number of nitrogens with two attached hydrogens (primary N) is 2. The lowest BCUT2D eigenvalue weighted by Gasteiger charge is -2.16. The normalized spacial score (nSPS) is 21.6. The van der Waals surface area contributed by atoms with E-state index in [2.05, 4.69) is 27.5 Å². The van der Waals surface area contributed by atoms with Crippen molar-refractivity contribution in [3.05, 3.63) is 40.8 Å². The van der Waals surface area contributed by atoms with Gasteiger partial charge in [-0.1, -0.05) is 23.8 Å². The maximum atomic E-state index is 11.7. The van der Waals surface area contributed by atoms with Crippen LogP contribution in [0.1, 0.15) is 37.2 Å². The molecule has 23 heavy (non-hydrogen) atoms. The second kappa shape index (κ2) is 7.59. The highest BCUT2D eigenvalue weighted by Crippen LogP contribution is 2.34. The van der Waals surface area contributed by atoms with E-state index in [1.54, 1.807) is 6.26 Å². The Morgan fingerprint density at radius 3 is 2.91 bits per heavy atom. The molecule has 1 aromatic heterocycles. The molecule has 1 heterocycles. The standard InChI is InChI=1S/C16H25N5OS/c1-4-5-6-11(7-10(2)23(3)22)12-8-13-14(9-12)20-21-15(13)16(17)19-18/h4-5,7,10,12H,6,8-9,18H2,1-3H3,(H2,17,19)(H,20,21)/b5-4-,11-7+. The first kappa shape index (κ1) is 17.5. The van der Waals surface area contributed by atoms with Gasteiger partial charge in [0.1, 0.15) is 5.69 Å². The number of nitrogens with one attached hydrogen (secondary N) is 1. The van der Waals surface area contributed by atoms with Crippen molar-refractivity contribution in [3.63, 3.8) is 0 Å². The summed E-state index contributed by atoms with van der Waals surface area (Å²) in [7, 11) is -0.867. The lowest BCUT2D eigenvalue weighted by atomic mass is 9.92. The Morgan fingerprint density at radius 2 is 2.30 bits per heavy atom. The van der Waals surface area contributed by atoms with E-state index in [0.717, 1.165) is 30.5 Å². The van der Waals surface area contributed by atoms with E-state index < -0.39 is 10.8 Å². The molecule has 7 heteroatoms. The second-order valence-corrected chi connectivity index (χ2v) is 7.61.